The summed E-state index contributed by atoms with van der Waals surface area (Å²) in [5.41, 5.74) is 6.76. The van der Waals surface area contributed by atoms with Crippen molar-refractivity contribution in [2.24, 2.45) is 0 Å². The van der Waals surface area contributed by atoms with Crippen molar-refractivity contribution in [3.8, 4) is 11.6 Å². The Kier molecular flexibility index (Phi) is 5.06. The molecule has 3 heterocycles. The molecule has 0 aliphatic carbocycles. The standard InChI is InChI=1S/C19H19BrN6O/c20-14-4-6-15(7-5-14)27-19-17(21)18(23-13-24-19)26-11-9-25(10-12-26)16-3-1-2-8-22-16/h1-8,13H,9-12,21H2. The molecule has 0 unspecified atom stereocenters. The minimum atomic E-state index is 0.370. The van der Waals surface area contributed by atoms with Gasteiger partial charge in [0.1, 0.15) is 23.6 Å². The molecule has 0 amide bonds. The molecule has 0 bridgehead atoms. The smallest absolute Gasteiger partial charge is 0.248 e. The lowest BCUT2D eigenvalue weighted by atomic mass is 10.3. The zero-order valence-electron chi connectivity index (χ0n) is 14.6. The number of aromatic nitrogens is 3. The number of benzene rings is 1. The van der Waals surface area contributed by atoms with E-state index < -0.39 is 0 Å². The molecule has 7 nitrogen and oxygen atoms in total. The molecule has 1 fully saturated rings. The van der Waals surface area contributed by atoms with Crippen LogP contribution in [0.4, 0.5) is 17.3 Å². The molecule has 3 aromatic rings. The Labute approximate surface area is 165 Å². The Morgan fingerprint density at radius 3 is 2.33 bits per heavy atom. The fourth-order valence-corrected chi connectivity index (χ4v) is 3.27. The molecule has 138 valence electrons. The summed E-state index contributed by atoms with van der Waals surface area (Å²) in [6, 6.07) is 13.5. The number of rotatable bonds is 4. The van der Waals surface area contributed by atoms with Gasteiger partial charge in [-0.05, 0) is 36.4 Å². The number of hydrogen-bond donors (Lipinski definition) is 1. The van der Waals surface area contributed by atoms with Crippen LogP contribution < -0.4 is 20.3 Å². The topological polar surface area (TPSA) is 80.4 Å². The molecule has 2 N–H and O–H groups in total. The second-order valence-corrected chi connectivity index (χ2v) is 7.05. The van der Waals surface area contributed by atoms with Gasteiger partial charge in [-0.25, -0.2) is 9.97 Å². The Bertz CT molecular complexity index is 898. The lowest BCUT2D eigenvalue weighted by Gasteiger charge is -2.36. The van der Waals surface area contributed by atoms with Gasteiger partial charge in [-0.15, -0.1) is 0 Å². The van der Waals surface area contributed by atoms with E-state index in [-0.39, 0.29) is 0 Å². The number of halogens is 1. The number of nitrogens with two attached hydrogens (primary N) is 1. The van der Waals surface area contributed by atoms with Gasteiger partial charge in [-0.2, -0.15) is 4.98 Å². The molecule has 1 aliphatic rings. The van der Waals surface area contributed by atoms with E-state index in [4.69, 9.17) is 10.5 Å². The van der Waals surface area contributed by atoms with Crippen LogP contribution in [0.1, 0.15) is 0 Å². The van der Waals surface area contributed by atoms with E-state index in [1.54, 1.807) is 0 Å². The lowest BCUT2D eigenvalue weighted by molar-refractivity contribution is 0.463. The van der Waals surface area contributed by atoms with Crippen molar-refractivity contribution in [3.63, 3.8) is 0 Å². The highest BCUT2D eigenvalue weighted by atomic mass is 79.9. The third kappa shape index (κ3) is 3.95. The van der Waals surface area contributed by atoms with Gasteiger partial charge in [0.25, 0.3) is 0 Å². The van der Waals surface area contributed by atoms with Gasteiger partial charge in [-0.3, -0.25) is 0 Å². The van der Waals surface area contributed by atoms with Crippen LogP contribution in [0.5, 0.6) is 11.6 Å². The third-order valence-corrected chi connectivity index (χ3v) is 4.94. The summed E-state index contributed by atoms with van der Waals surface area (Å²) >= 11 is 3.41. The molecule has 0 spiro atoms. The fourth-order valence-electron chi connectivity index (χ4n) is 3.01. The molecule has 1 aromatic carbocycles. The van der Waals surface area contributed by atoms with E-state index in [1.807, 2.05) is 48.7 Å². The number of nitrogen functional groups attached to an aromatic ring is 1. The van der Waals surface area contributed by atoms with Crippen LogP contribution >= 0.6 is 15.9 Å². The molecule has 0 saturated carbocycles. The zero-order chi connectivity index (χ0) is 18.6. The van der Waals surface area contributed by atoms with Gasteiger partial charge >= 0.3 is 0 Å². The summed E-state index contributed by atoms with van der Waals surface area (Å²) in [4.78, 5) is 17.4. The van der Waals surface area contributed by atoms with Crippen LogP contribution in [-0.4, -0.2) is 41.1 Å². The average Bonchev–Trinajstić information content (AvgIpc) is 2.72. The highest BCUT2D eigenvalue weighted by Gasteiger charge is 2.22. The van der Waals surface area contributed by atoms with Crippen LogP contribution in [0.15, 0.2) is 59.5 Å². The van der Waals surface area contributed by atoms with Crippen LogP contribution in [0, 0.1) is 0 Å². The van der Waals surface area contributed by atoms with Gasteiger partial charge in [0.05, 0.1) is 0 Å². The van der Waals surface area contributed by atoms with Crippen LogP contribution in [0.25, 0.3) is 0 Å². The highest BCUT2D eigenvalue weighted by molar-refractivity contribution is 9.10. The van der Waals surface area contributed by atoms with Gasteiger partial charge in [-0.1, -0.05) is 22.0 Å². The number of nitrogens with zero attached hydrogens (tertiary/aromatic N) is 5. The van der Waals surface area contributed by atoms with Crippen molar-refractivity contribution < 1.29 is 4.74 Å². The van der Waals surface area contributed by atoms with Crippen molar-refractivity contribution in [1.82, 2.24) is 15.0 Å². The first kappa shape index (κ1) is 17.5. The van der Waals surface area contributed by atoms with E-state index >= 15 is 0 Å². The first-order valence-corrected chi connectivity index (χ1v) is 9.45. The largest absolute Gasteiger partial charge is 0.437 e. The second kappa shape index (κ2) is 7.79. The van der Waals surface area contributed by atoms with Gasteiger partial charge in [0, 0.05) is 36.8 Å². The van der Waals surface area contributed by atoms with Gasteiger partial charge in [0.15, 0.2) is 5.82 Å². The van der Waals surface area contributed by atoms with E-state index in [9.17, 15) is 0 Å². The number of anilines is 3. The lowest BCUT2D eigenvalue weighted by Crippen LogP contribution is -2.47. The van der Waals surface area contributed by atoms with Crippen molar-refractivity contribution in [1.29, 1.82) is 0 Å². The summed E-state index contributed by atoms with van der Waals surface area (Å²) in [6.45, 7) is 3.30. The monoisotopic (exact) mass is 426 g/mol. The van der Waals surface area contributed by atoms with E-state index in [0.29, 0.717) is 23.1 Å². The predicted molar refractivity (Wildman–Crippen MR) is 109 cm³/mol. The van der Waals surface area contributed by atoms with Crippen LogP contribution in [-0.2, 0) is 0 Å². The molecule has 1 aliphatic heterocycles. The Morgan fingerprint density at radius 1 is 0.889 bits per heavy atom. The van der Waals surface area contributed by atoms with Crippen LogP contribution in [0.3, 0.4) is 0 Å². The van der Waals surface area contributed by atoms with Crippen molar-refractivity contribution >= 4 is 33.3 Å². The summed E-state index contributed by atoms with van der Waals surface area (Å²) in [6.07, 6.45) is 3.31. The minimum absolute atomic E-state index is 0.370. The molecule has 8 heteroatoms. The Morgan fingerprint density at radius 2 is 1.63 bits per heavy atom. The van der Waals surface area contributed by atoms with E-state index in [1.165, 1.54) is 6.33 Å². The SMILES string of the molecule is Nc1c(Oc2ccc(Br)cc2)ncnc1N1CCN(c2ccccn2)CC1. The fraction of sp³-hybridized carbons (Fsp3) is 0.211. The molecule has 2 aromatic heterocycles. The number of pyridine rings is 1. The quantitative estimate of drug-likeness (QED) is 0.684. The van der Waals surface area contributed by atoms with Crippen molar-refractivity contribution in [3.05, 3.63) is 59.5 Å². The number of ether oxygens (including phenoxy) is 1. The summed E-state index contributed by atoms with van der Waals surface area (Å²) in [5.74, 6) is 2.74. The van der Waals surface area contributed by atoms with Gasteiger partial charge in [0.2, 0.25) is 5.88 Å². The zero-order valence-corrected chi connectivity index (χ0v) is 16.2. The molecular formula is C19H19BrN6O. The average molecular weight is 427 g/mol. The van der Waals surface area contributed by atoms with E-state index in [0.717, 1.165) is 36.5 Å². The third-order valence-electron chi connectivity index (χ3n) is 4.41. The Balaban J connectivity index is 1.47. The minimum Gasteiger partial charge on any atom is -0.437 e. The molecule has 0 radical (unpaired) electrons. The maximum absolute atomic E-state index is 6.31. The Hall–Kier alpha value is -2.87. The summed E-state index contributed by atoms with van der Waals surface area (Å²) in [5, 5.41) is 0. The predicted octanol–water partition coefficient (Wildman–Crippen LogP) is 3.34. The maximum atomic E-state index is 6.31. The second-order valence-electron chi connectivity index (χ2n) is 6.13. The first-order chi connectivity index (χ1) is 13.2. The molecule has 4 rings (SSSR count). The maximum Gasteiger partial charge on any atom is 0.248 e. The van der Waals surface area contributed by atoms with Gasteiger partial charge < -0.3 is 20.3 Å². The van der Waals surface area contributed by atoms with Crippen molar-refractivity contribution in [2.75, 3.05) is 41.7 Å². The molecular weight excluding hydrogens is 408 g/mol. The van der Waals surface area contributed by atoms with Crippen LogP contribution in [0.2, 0.25) is 0 Å². The summed E-state index contributed by atoms with van der Waals surface area (Å²) < 4.78 is 6.83. The number of hydrogen-bond acceptors (Lipinski definition) is 7. The van der Waals surface area contributed by atoms with Crippen molar-refractivity contribution in [2.45, 2.75) is 0 Å². The summed E-state index contributed by atoms with van der Waals surface area (Å²) in [7, 11) is 0. The molecule has 1 saturated heterocycles. The first-order valence-electron chi connectivity index (χ1n) is 8.65. The number of piperazine rings is 1. The molecule has 0 atom stereocenters. The van der Waals surface area contributed by atoms with E-state index in [2.05, 4.69) is 40.7 Å². The normalized spacial score (nSPS) is 14.3. The highest BCUT2D eigenvalue weighted by Crippen LogP contribution is 2.32. The molecule has 27 heavy (non-hydrogen) atoms.